The molecule has 1 fully saturated rings. The first-order valence-corrected chi connectivity index (χ1v) is 8.16. The van der Waals surface area contributed by atoms with E-state index in [-0.39, 0.29) is 5.91 Å². The molecule has 1 aliphatic carbocycles. The first-order valence-electron chi connectivity index (χ1n) is 8.16. The van der Waals surface area contributed by atoms with Crippen molar-refractivity contribution in [3.8, 4) is 0 Å². The van der Waals surface area contributed by atoms with Crippen LogP contribution in [0.2, 0.25) is 0 Å². The smallest absolute Gasteiger partial charge is 0.251 e. The maximum atomic E-state index is 12.5. The monoisotopic (exact) mass is 284 g/mol. The quantitative estimate of drug-likeness (QED) is 0.866. The van der Waals surface area contributed by atoms with Gasteiger partial charge >= 0.3 is 0 Å². The lowest BCUT2D eigenvalue weighted by Gasteiger charge is -2.30. The minimum Gasteiger partial charge on any atom is -0.361 e. The second kappa shape index (κ2) is 6.33. The third-order valence-corrected chi connectivity index (χ3v) is 4.79. The summed E-state index contributed by atoms with van der Waals surface area (Å²) < 4.78 is 0. The van der Waals surface area contributed by atoms with E-state index in [4.69, 9.17) is 0 Å². The lowest BCUT2D eigenvalue weighted by Crippen LogP contribution is -2.40. The number of hydrogen-bond acceptors (Lipinski definition) is 1. The molecule has 1 heterocycles. The fraction of sp³-hybridized carbons (Fsp3) is 0.500. The Bertz CT molecular complexity index is 610. The predicted octanol–water partition coefficient (Wildman–Crippen LogP) is 4.26. The molecule has 112 valence electrons. The van der Waals surface area contributed by atoms with Crippen molar-refractivity contribution in [3.05, 3.63) is 36.0 Å². The van der Waals surface area contributed by atoms with Crippen LogP contribution in [0.1, 0.15) is 55.8 Å². The van der Waals surface area contributed by atoms with E-state index in [9.17, 15) is 4.79 Å². The van der Waals surface area contributed by atoms with E-state index < -0.39 is 0 Å². The Morgan fingerprint density at radius 3 is 2.86 bits per heavy atom. The lowest BCUT2D eigenvalue weighted by atomic mass is 9.83. The van der Waals surface area contributed by atoms with Gasteiger partial charge in [0.15, 0.2) is 0 Å². The molecule has 1 aromatic heterocycles. The Labute approximate surface area is 126 Å². The molecular weight excluding hydrogens is 260 g/mol. The number of H-pyrrole nitrogens is 1. The van der Waals surface area contributed by atoms with Crippen molar-refractivity contribution in [2.24, 2.45) is 5.92 Å². The highest BCUT2D eigenvalue weighted by Crippen LogP contribution is 2.28. The summed E-state index contributed by atoms with van der Waals surface area (Å²) in [5, 5.41) is 4.40. The van der Waals surface area contributed by atoms with Gasteiger partial charge in [0.25, 0.3) is 5.91 Å². The van der Waals surface area contributed by atoms with Crippen LogP contribution in [0.5, 0.6) is 0 Å². The first kappa shape index (κ1) is 14.2. The zero-order chi connectivity index (χ0) is 14.7. The molecule has 0 bridgehead atoms. The number of fused-ring (bicyclic) bond motifs is 1. The highest BCUT2D eigenvalue weighted by Gasteiger charge is 2.24. The fourth-order valence-electron chi connectivity index (χ4n) is 3.53. The number of benzene rings is 1. The molecule has 3 rings (SSSR count). The summed E-state index contributed by atoms with van der Waals surface area (Å²) >= 11 is 0. The van der Waals surface area contributed by atoms with Gasteiger partial charge in [-0.05, 0) is 48.8 Å². The van der Waals surface area contributed by atoms with Crippen LogP contribution in [0.3, 0.4) is 0 Å². The molecule has 3 heteroatoms. The summed E-state index contributed by atoms with van der Waals surface area (Å²) in [6.07, 6.45) is 9.41. The molecule has 0 spiro atoms. The summed E-state index contributed by atoms with van der Waals surface area (Å²) in [6.45, 7) is 2.17. The molecular formula is C18H24N2O. The summed E-state index contributed by atoms with van der Waals surface area (Å²) in [5.41, 5.74) is 1.77. The van der Waals surface area contributed by atoms with Gasteiger partial charge in [-0.25, -0.2) is 0 Å². The van der Waals surface area contributed by atoms with Crippen molar-refractivity contribution >= 4 is 16.8 Å². The van der Waals surface area contributed by atoms with Crippen molar-refractivity contribution in [1.82, 2.24) is 10.3 Å². The van der Waals surface area contributed by atoms with E-state index in [1.165, 1.54) is 32.1 Å². The first-order chi connectivity index (χ1) is 10.3. The van der Waals surface area contributed by atoms with Crippen molar-refractivity contribution in [1.29, 1.82) is 0 Å². The molecule has 2 aromatic rings. The Morgan fingerprint density at radius 1 is 1.29 bits per heavy atom. The van der Waals surface area contributed by atoms with Crippen molar-refractivity contribution in [2.75, 3.05) is 0 Å². The van der Waals surface area contributed by atoms with Gasteiger partial charge < -0.3 is 10.3 Å². The molecule has 1 amide bonds. The van der Waals surface area contributed by atoms with Crippen LogP contribution < -0.4 is 5.32 Å². The highest BCUT2D eigenvalue weighted by molar-refractivity contribution is 5.98. The van der Waals surface area contributed by atoms with Gasteiger partial charge in [0.2, 0.25) is 0 Å². The maximum absolute atomic E-state index is 12.5. The van der Waals surface area contributed by atoms with Gasteiger partial charge in [-0.2, -0.15) is 0 Å². The van der Waals surface area contributed by atoms with Crippen LogP contribution in [-0.2, 0) is 0 Å². The number of nitrogens with one attached hydrogen (secondary N) is 2. The van der Waals surface area contributed by atoms with Crippen LogP contribution in [0.4, 0.5) is 0 Å². The summed E-state index contributed by atoms with van der Waals surface area (Å²) in [6, 6.07) is 8.20. The van der Waals surface area contributed by atoms with Gasteiger partial charge in [0.05, 0.1) is 0 Å². The van der Waals surface area contributed by atoms with Gasteiger partial charge in [-0.15, -0.1) is 0 Å². The highest BCUT2D eigenvalue weighted by atomic mass is 16.1. The van der Waals surface area contributed by atoms with E-state index in [2.05, 4.69) is 17.2 Å². The molecule has 1 saturated carbocycles. The average Bonchev–Trinajstić information content (AvgIpc) is 3.00. The topological polar surface area (TPSA) is 44.9 Å². The molecule has 0 aliphatic heterocycles. The SMILES string of the molecule is CCC(NC(=O)c1ccc2cc[nH]c2c1)C1CCCCC1. The van der Waals surface area contributed by atoms with Crippen molar-refractivity contribution in [2.45, 2.75) is 51.5 Å². The minimum atomic E-state index is 0.0592. The number of hydrogen-bond donors (Lipinski definition) is 2. The van der Waals surface area contributed by atoms with E-state index in [0.29, 0.717) is 12.0 Å². The zero-order valence-electron chi connectivity index (χ0n) is 12.7. The largest absolute Gasteiger partial charge is 0.361 e. The summed E-state index contributed by atoms with van der Waals surface area (Å²) in [7, 11) is 0. The molecule has 1 unspecified atom stereocenters. The van der Waals surface area contributed by atoms with E-state index in [0.717, 1.165) is 22.9 Å². The van der Waals surface area contributed by atoms with E-state index in [1.54, 1.807) is 0 Å². The number of carbonyl (C=O) groups excluding carboxylic acids is 1. The van der Waals surface area contributed by atoms with Crippen LogP contribution in [-0.4, -0.2) is 16.9 Å². The number of aromatic nitrogens is 1. The molecule has 1 aromatic carbocycles. The number of rotatable bonds is 4. The standard InChI is InChI=1S/C18H24N2O/c1-2-16(13-6-4-3-5-7-13)20-18(21)15-9-8-14-10-11-19-17(14)12-15/h8-13,16,19H,2-7H2,1H3,(H,20,21). The molecule has 0 saturated heterocycles. The van der Waals surface area contributed by atoms with Gasteiger partial charge in [0.1, 0.15) is 0 Å². The third kappa shape index (κ3) is 3.12. The van der Waals surface area contributed by atoms with Crippen molar-refractivity contribution in [3.63, 3.8) is 0 Å². The normalized spacial score (nSPS) is 17.8. The molecule has 1 atom stereocenters. The Balaban J connectivity index is 1.71. The minimum absolute atomic E-state index is 0.0592. The molecule has 3 nitrogen and oxygen atoms in total. The summed E-state index contributed by atoms with van der Waals surface area (Å²) in [5.74, 6) is 0.714. The van der Waals surface area contributed by atoms with Gasteiger partial charge in [-0.1, -0.05) is 32.3 Å². The summed E-state index contributed by atoms with van der Waals surface area (Å²) in [4.78, 5) is 15.7. The molecule has 2 N–H and O–H groups in total. The zero-order valence-corrected chi connectivity index (χ0v) is 12.7. The van der Waals surface area contributed by atoms with Crippen LogP contribution >= 0.6 is 0 Å². The number of amides is 1. The Morgan fingerprint density at radius 2 is 2.10 bits per heavy atom. The second-order valence-corrected chi connectivity index (χ2v) is 6.17. The second-order valence-electron chi connectivity index (χ2n) is 6.17. The molecule has 21 heavy (non-hydrogen) atoms. The molecule has 1 aliphatic rings. The Hall–Kier alpha value is -1.77. The van der Waals surface area contributed by atoms with Crippen LogP contribution in [0.25, 0.3) is 10.9 Å². The predicted molar refractivity (Wildman–Crippen MR) is 86.4 cm³/mol. The number of aromatic amines is 1. The van der Waals surface area contributed by atoms with Gasteiger partial charge in [0, 0.05) is 23.3 Å². The lowest BCUT2D eigenvalue weighted by molar-refractivity contribution is 0.0911. The average molecular weight is 284 g/mol. The number of carbonyl (C=O) groups is 1. The van der Waals surface area contributed by atoms with E-state index >= 15 is 0 Å². The van der Waals surface area contributed by atoms with Gasteiger partial charge in [-0.3, -0.25) is 4.79 Å². The Kier molecular flexibility index (Phi) is 4.28. The van der Waals surface area contributed by atoms with Crippen molar-refractivity contribution < 1.29 is 4.79 Å². The third-order valence-electron chi connectivity index (χ3n) is 4.79. The molecule has 0 radical (unpaired) electrons. The van der Waals surface area contributed by atoms with E-state index in [1.807, 2.05) is 30.5 Å². The fourth-order valence-corrected chi connectivity index (χ4v) is 3.53. The van der Waals surface area contributed by atoms with Crippen LogP contribution in [0.15, 0.2) is 30.5 Å². The van der Waals surface area contributed by atoms with Crippen LogP contribution in [0, 0.1) is 5.92 Å². The maximum Gasteiger partial charge on any atom is 0.251 e.